The Morgan fingerprint density at radius 3 is 3.33 bits per heavy atom. The van der Waals surface area contributed by atoms with Crippen molar-refractivity contribution in [2.24, 2.45) is 0 Å². The van der Waals surface area contributed by atoms with E-state index in [0.29, 0.717) is 0 Å². The van der Waals surface area contributed by atoms with Crippen LogP contribution in [0.1, 0.15) is 18.2 Å². The molecule has 4 heteroatoms. The highest BCUT2D eigenvalue weighted by Gasteiger charge is 2.11. The molecule has 0 amide bonds. The summed E-state index contributed by atoms with van der Waals surface area (Å²) in [5, 5.41) is 6.31. The fourth-order valence-electron chi connectivity index (χ4n) is 1.30. The Hall–Kier alpha value is -1.16. The number of rotatable bonds is 2. The van der Waals surface area contributed by atoms with Crippen molar-refractivity contribution < 1.29 is 0 Å². The summed E-state index contributed by atoms with van der Waals surface area (Å²) in [5.74, 6) is 0.736. The zero-order chi connectivity index (χ0) is 8.39. The van der Waals surface area contributed by atoms with E-state index < -0.39 is 0 Å². The Morgan fingerprint density at radius 2 is 2.50 bits per heavy atom. The van der Waals surface area contributed by atoms with E-state index >= 15 is 0 Å². The lowest BCUT2D eigenvalue weighted by atomic mass is 10.3. The number of nitrogens with zero attached hydrogens (tertiary/aromatic N) is 2. The molecule has 1 aromatic rings. The van der Waals surface area contributed by atoms with Crippen LogP contribution in [0, 0.1) is 0 Å². The van der Waals surface area contributed by atoms with Crippen LogP contribution in [0.2, 0.25) is 0 Å². The summed E-state index contributed by atoms with van der Waals surface area (Å²) in [4.78, 5) is 8.54. The van der Waals surface area contributed by atoms with Gasteiger partial charge in [0, 0.05) is 31.4 Å². The topological polar surface area (TPSA) is 49.8 Å². The van der Waals surface area contributed by atoms with Gasteiger partial charge in [-0.25, -0.2) is 9.97 Å². The Labute approximate surface area is 71.4 Å². The van der Waals surface area contributed by atoms with Gasteiger partial charge in [-0.1, -0.05) is 0 Å². The summed E-state index contributed by atoms with van der Waals surface area (Å²) in [5.41, 5.74) is 2.35. The van der Waals surface area contributed by atoms with Gasteiger partial charge in [-0.15, -0.1) is 0 Å². The second-order valence-electron chi connectivity index (χ2n) is 2.80. The van der Waals surface area contributed by atoms with Crippen molar-refractivity contribution >= 4 is 5.95 Å². The summed E-state index contributed by atoms with van der Waals surface area (Å²) in [6.45, 7) is 4.68. The van der Waals surface area contributed by atoms with Crippen LogP contribution in [0.15, 0.2) is 6.20 Å². The van der Waals surface area contributed by atoms with Crippen LogP contribution in [-0.2, 0) is 13.1 Å². The quantitative estimate of drug-likeness (QED) is 0.668. The maximum Gasteiger partial charge on any atom is 0.222 e. The van der Waals surface area contributed by atoms with E-state index in [1.165, 1.54) is 5.56 Å². The second kappa shape index (κ2) is 3.06. The van der Waals surface area contributed by atoms with E-state index in [1.807, 2.05) is 13.1 Å². The fraction of sp³-hybridized carbons (Fsp3) is 0.500. The van der Waals surface area contributed by atoms with Crippen molar-refractivity contribution in [3.05, 3.63) is 17.5 Å². The third-order valence-electron chi connectivity index (χ3n) is 1.90. The van der Waals surface area contributed by atoms with Gasteiger partial charge in [0.25, 0.3) is 0 Å². The lowest BCUT2D eigenvalue weighted by molar-refractivity contribution is 0.758. The summed E-state index contributed by atoms with van der Waals surface area (Å²) in [6, 6.07) is 0. The first-order chi connectivity index (χ1) is 5.90. The van der Waals surface area contributed by atoms with Crippen molar-refractivity contribution in [2.75, 3.05) is 11.9 Å². The molecule has 2 heterocycles. The molecule has 0 aromatic carbocycles. The molecule has 0 bridgehead atoms. The molecule has 0 unspecified atom stereocenters. The first kappa shape index (κ1) is 7.49. The molecule has 0 aliphatic carbocycles. The van der Waals surface area contributed by atoms with Gasteiger partial charge in [-0.3, -0.25) is 0 Å². The maximum absolute atomic E-state index is 4.36. The Kier molecular flexibility index (Phi) is 1.91. The SMILES string of the molecule is CCNc1ncc2c(n1)CNC2. The molecular formula is C8H12N4. The molecule has 1 aliphatic heterocycles. The van der Waals surface area contributed by atoms with Crippen LogP contribution >= 0.6 is 0 Å². The van der Waals surface area contributed by atoms with Gasteiger partial charge >= 0.3 is 0 Å². The van der Waals surface area contributed by atoms with E-state index in [1.54, 1.807) is 0 Å². The van der Waals surface area contributed by atoms with Crippen LogP contribution < -0.4 is 10.6 Å². The molecule has 4 nitrogen and oxygen atoms in total. The van der Waals surface area contributed by atoms with Gasteiger partial charge in [0.1, 0.15) is 0 Å². The molecule has 1 aromatic heterocycles. The normalized spacial score (nSPS) is 14.4. The van der Waals surface area contributed by atoms with Crippen molar-refractivity contribution in [1.82, 2.24) is 15.3 Å². The summed E-state index contributed by atoms with van der Waals surface area (Å²) < 4.78 is 0. The highest BCUT2D eigenvalue weighted by atomic mass is 15.1. The molecule has 1 aliphatic rings. The lowest BCUT2D eigenvalue weighted by Crippen LogP contribution is -2.04. The van der Waals surface area contributed by atoms with E-state index in [2.05, 4.69) is 20.6 Å². The summed E-state index contributed by atoms with van der Waals surface area (Å²) >= 11 is 0. The Balaban J connectivity index is 2.26. The molecular weight excluding hydrogens is 152 g/mol. The van der Waals surface area contributed by atoms with E-state index in [4.69, 9.17) is 0 Å². The average Bonchev–Trinajstić information content (AvgIpc) is 2.51. The highest BCUT2D eigenvalue weighted by molar-refractivity contribution is 5.31. The minimum absolute atomic E-state index is 0.736. The number of anilines is 1. The fourth-order valence-corrected chi connectivity index (χ4v) is 1.30. The van der Waals surface area contributed by atoms with Crippen molar-refractivity contribution in [2.45, 2.75) is 20.0 Å². The largest absolute Gasteiger partial charge is 0.354 e. The van der Waals surface area contributed by atoms with Crippen LogP contribution in [-0.4, -0.2) is 16.5 Å². The average molecular weight is 164 g/mol. The van der Waals surface area contributed by atoms with E-state index in [9.17, 15) is 0 Å². The summed E-state index contributed by atoms with van der Waals surface area (Å²) in [6.07, 6.45) is 1.89. The lowest BCUT2D eigenvalue weighted by Gasteiger charge is -2.02. The van der Waals surface area contributed by atoms with E-state index in [0.717, 1.165) is 31.3 Å². The molecule has 0 atom stereocenters. The first-order valence-corrected chi connectivity index (χ1v) is 4.19. The number of nitrogens with one attached hydrogen (secondary N) is 2. The molecule has 0 saturated carbocycles. The predicted molar refractivity (Wildman–Crippen MR) is 46.7 cm³/mol. The van der Waals surface area contributed by atoms with Crippen LogP contribution in [0.4, 0.5) is 5.95 Å². The molecule has 2 rings (SSSR count). The van der Waals surface area contributed by atoms with Crippen LogP contribution in [0.5, 0.6) is 0 Å². The second-order valence-corrected chi connectivity index (χ2v) is 2.80. The monoisotopic (exact) mass is 164 g/mol. The van der Waals surface area contributed by atoms with Gasteiger partial charge in [0.05, 0.1) is 5.69 Å². The first-order valence-electron chi connectivity index (χ1n) is 4.19. The smallest absolute Gasteiger partial charge is 0.222 e. The van der Waals surface area contributed by atoms with Gasteiger partial charge in [-0.2, -0.15) is 0 Å². The van der Waals surface area contributed by atoms with Crippen molar-refractivity contribution in [1.29, 1.82) is 0 Å². The number of fused-ring (bicyclic) bond motifs is 1. The molecule has 0 radical (unpaired) electrons. The maximum atomic E-state index is 4.36. The molecule has 0 fully saturated rings. The van der Waals surface area contributed by atoms with Gasteiger partial charge in [0.2, 0.25) is 5.95 Å². The van der Waals surface area contributed by atoms with E-state index in [-0.39, 0.29) is 0 Å². The predicted octanol–water partition coefficient (Wildman–Crippen LogP) is 0.512. The Morgan fingerprint density at radius 1 is 1.58 bits per heavy atom. The number of hydrogen-bond donors (Lipinski definition) is 2. The zero-order valence-corrected chi connectivity index (χ0v) is 7.09. The molecule has 0 saturated heterocycles. The molecule has 64 valence electrons. The highest BCUT2D eigenvalue weighted by Crippen LogP contribution is 2.12. The third kappa shape index (κ3) is 1.25. The standard InChI is InChI=1S/C8H12N4/c1-2-10-8-11-4-6-3-9-5-7(6)12-8/h4,9H,2-3,5H2,1H3,(H,10,11,12). The van der Waals surface area contributed by atoms with Gasteiger partial charge in [-0.05, 0) is 6.92 Å². The van der Waals surface area contributed by atoms with Gasteiger partial charge in [0.15, 0.2) is 0 Å². The van der Waals surface area contributed by atoms with Crippen LogP contribution in [0.3, 0.4) is 0 Å². The molecule has 12 heavy (non-hydrogen) atoms. The van der Waals surface area contributed by atoms with Crippen molar-refractivity contribution in [3.63, 3.8) is 0 Å². The van der Waals surface area contributed by atoms with Crippen LogP contribution in [0.25, 0.3) is 0 Å². The molecule has 2 N–H and O–H groups in total. The van der Waals surface area contributed by atoms with Gasteiger partial charge < -0.3 is 10.6 Å². The Bertz CT molecular complexity index is 284. The number of hydrogen-bond acceptors (Lipinski definition) is 4. The minimum atomic E-state index is 0.736. The molecule has 0 spiro atoms. The third-order valence-corrected chi connectivity index (χ3v) is 1.90. The zero-order valence-electron chi connectivity index (χ0n) is 7.09. The van der Waals surface area contributed by atoms with Crippen molar-refractivity contribution in [3.8, 4) is 0 Å². The minimum Gasteiger partial charge on any atom is -0.354 e. The number of aromatic nitrogens is 2. The summed E-state index contributed by atoms with van der Waals surface area (Å²) in [7, 11) is 0.